The van der Waals surface area contributed by atoms with Crippen molar-refractivity contribution in [1.82, 2.24) is 0 Å². The Hall–Kier alpha value is -2.15. The number of carbonyl (C=O) groups is 1. The van der Waals surface area contributed by atoms with E-state index in [0.29, 0.717) is 13.2 Å². The average molecular weight is 254 g/mol. The van der Waals surface area contributed by atoms with E-state index in [9.17, 15) is 14.9 Å². The van der Waals surface area contributed by atoms with Crippen LogP contribution in [0.25, 0.3) is 0 Å². The van der Waals surface area contributed by atoms with Crippen LogP contribution in [0, 0.1) is 10.1 Å². The maximum absolute atomic E-state index is 11.0. The van der Waals surface area contributed by atoms with Gasteiger partial charge in [0.25, 0.3) is 0 Å². The lowest BCUT2D eigenvalue weighted by atomic mass is 10.1. The van der Waals surface area contributed by atoms with Crippen LogP contribution in [-0.2, 0) is 4.74 Å². The van der Waals surface area contributed by atoms with Gasteiger partial charge in [-0.1, -0.05) is 6.07 Å². The number of carboxylic acid groups (broad SMARTS) is 1. The summed E-state index contributed by atoms with van der Waals surface area (Å²) in [6.07, 6.45) is 0. The lowest BCUT2D eigenvalue weighted by Crippen LogP contribution is -2.23. The number of anilines is 1. The van der Waals surface area contributed by atoms with E-state index in [1.165, 1.54) is 25.3 Å². The molecule has 1 rings (SSSR count). The molecule has 0 radical (unpaired) electrons. The Labute approximate surface area is 104 Å². The molecule has 0 aliphatic rings. The highest BCUT2D eigenvalue weighted by atomic mass is 16.6. The third-order valence-electron chi connectivity index (χ3n) is 2.47. The Balaban J connectivity index is 3.22. The predicted octanol–water partition coefficient (Wildman–Crippen LogP) is 1.38. The van der Waals surface area contributed by atoms with Crippen molar-refractivity contribution in [3.63, 3.8) is 0 Å². The number of hydrogen-bond acceptors (Lipinski definition) is 5. The Morgan fingerprint density at radius 2 is 2.22 bits per heavy atom. The molecule has 0 saturated carbocycles. The number of nitro benzene ring substituents is 1. The Bertz CT molecular complexity index is 461. The summed E-state index contributed by atoms with van der Waals surface area (Å²) in [4.78, 5) is 22.9. The van der Waals surface area contributed by atoms with Gasteiger partial charge in [-0.15, -0.1) is 0 Å². The summed E-state index contributed by atoms with van der Waals surface area (Å²) in [5.41, 5.74) is -0.456. The molecule has 0 unspecified atom stereocenters. The van der Waals surface area contributed by atoms with Crippen LogP contribution in [0.15, 0.2) is 18.2 Å². The van der Waals surface area contributed by atoms with Crippen LogP contribution in [-0.4, -0.2) is 43.3 Å². The summed E-state index contributed by atoms with van der Waals surface area (Å²) in [5, 5.41) is 20.0. The van der Waals surface area contributed by atoms with Crippen molar-refractivity contribution in [2.45, 2.75) is 0 Å². The van der Waals surface area contributed by atoms with Gasteiger partial charge >= 0.3 is 11.7 Å². The van der Waals surface area contributed by atoms with Gasteiger partial charge in [0.2, 0.25) is 0 Å². The van der Waals surface area contributed by atoms with Crippen molar-refractivity contribution in [3.8, 4) is 0 Å². The molecule has 1 aromatic carbocycles. The van der Waals surface area contributed by atoms with Gasteiger partial charge in [-0.25, -0.2) is 4.79 Å². The second kappa shape index (κ2) is 5.97. The molecule has 0 amide bonds. The highest BCUT2D eigenvalue weighted by molar-refractivity contribution is 5.95. The molecule has 1 aromatic rings. The first-order valence-corrected chi connectivity index (χ1v) is 5.19. The summed E-state index contributed by atoms with van der Waals surface area (Å²) < 4.78 is 4.88. The molecule has 0 atom stereocenters. The monoisotopic (exact) mass is 254 g/mol. The number of nitrogens with zero attached hydrogens (tertiary/aromatic N) is 2. The van der Waals surface area contributed by atoms with Gasteiger partial charge in [-0.05, 0) is 12.1 Å². The topological polar surface area (TPSA) is 92.9 Å². The summed E-state index contributed by atoms with van der Waals surface area (Å²) in [6.45, 7) is 0.825. The first kappa shape index (κ1) is 13.9. The molecule has 0 spiro atoms. The van der Waals surface area contributed by atoms with E-state index >= 15 is 0 Å². The van der Waals surface area contributed by atoms with Crippen LogP contribution in [0.3, 0.4) is 0 Å². The number of nitro groups is 1. The number of benzene rings is 1. The number of ether oxygens (including phenoxy) is 1. The molecule has 7 heteroatoms. The molecule has 0 heterocycles. The van der Waals surface area contributed by atoms with Crippen molar-refractivity contribution in [1.29, 1.82) is 0 Å². The summed E-state index contributed by atoms with van der Waals surface area (Å²) in [5.74, 6) is -1.32. The normalized spacial score (nSPS) is 10.1. The van der Waals surface area contributed by atoms with Crippen molar-refractivity contribution < 1.29 is 19.6 Å². The van der Waals surface area contributed by atoms with E-state index in [4.69, 9.17) is 9.84 Å². The molecule has 0 bridgehead atoms. The molecular weight excluding hydrogens is 240 g/mol. The van der Waals surface area contributed by atoms with Crippen LogP contribution in [0.1, 0.15) is 10.4 Å². The smallest absolute Gasteiger partial charge is 0.342 e. The van der Waals surface area contributed by atoms with E-state index in [2.05, 4.69) is 0 Å². The summed E-state index contributed by atoms with van der Waals surface area (Å²) >= 11 is 0. The fraction of sp³-hybridized carbons (Fsp3) is 0.364. The van der Waals surface area contributed by atoms with Crippen LogP contribution < -0.4 is 4.90 Å². The largest absolute Gasteiger partial charge is 0.477 e. The minimum atomic E-state index is -1.32. The summed E-state index contributed by atoms with van der Waals surface area (Å²) in [6, 6.07) is 4.21. The zero-order chi connectivity index (χ0) is 13.7. The number of hydrogen-bond donors (Lipinski definition) is 1. The van der Waals surface area contributed by atoms with Crippen LogP contribution in [0.4, 0.5) is 11.4 Å². The van der Waals surface area contributed by atoms with Crippen molar-refractivity contribution in [2.75, 3.05) is 32.2 Å². The summed E-state index contributed by atoms with van der Waals surface area (Å²) in [7, 11) is 3.17. The van der Waals surface area contributed by atoms with Gasteiger partial charge in [0.15, 0.2) is 0 Å². The molecule has 98 valence electrons. The van der Waals surface area contributed by atoms with Crippen LogP contribution in [0.5, 0.6) is 0 Å². The highest BCUT2D eigenvalue weighted by Crippen LogP contribution is 2.30. The quantitative estimate of drug-likeness (QED) is 0.608. The number of aromatic carboxylic acids is 1. The van der Waals surface area contributed by atoms with E-state index in [1.807, 2.05) is 0 Å². The minimum absolute atomic E-state index is 0.261. The first-order valence-electron chi connectivity index (χ1n) is 5.19. The fourth-order valence-corrected chi connectivity index (χ4v) is 1.55. The zero-order valence-electron chi connectivity index (χ0n) is 10.1. The van der Waals surface area contributed by atoms with Crippen molar-refractivity contribution in [3.05, 3.63) is 33.9 Å². The number of methoxy groups -OCH3 is 1. The maximum atomic E-state index is 11.0. The standard InChI is InChI=1S/C11H14N2O5/c1-12(6-7-18-2)9-5-3-4-8(11(14)15)10(9)13(16)17/h3-5H,6-7H2,1-2H3,(H,14,15). The zero-order valence-corrected chi connectivity index (χ0v) is 10.1. The number of likely N-dealkylation sites (N-methyl/N-ethyl adjacent to an activating group) is 1. The molecule has 18 heavy (non-hydrogen) atoms. The van der Waals surface area contributed by atoms with Gasteiger partial charge in [0.05, 0.1) is 11.5 Å². The molecule has 7 nitrogen and oxygen atoms in total. The van der Waals surface area contributed by atoms with Crippen molar-refractivity contribution in [2.24, 2.45) is 0 Å². The SMILES string of the molecule is COCCN(C)c1cccc(C(=O)O)c1[N+](=O)[O-]. The average Bonchev–Trinajstić information content (AvgIpc) is 2.34. The Morgan fingerprint density at radius 3 is 2.72 bits per heavy atom. The van der Waals surface area contributed by atoms with E-state index in [1.54, 1.807) is 11.9 Å². The highest BCUT2D eigenvalue weighted by Gasteiger charge is 2.25. The van der Waals surface area contributed by atoms with E-state index in [0.717, 1.165) is 0 Å². The predicted molar refractivity (Wildman–Crippen MR) is 65.2 cm³/mol. The lowest BCUT2D eigenvalue weighted by Gasteiger charge is -2.19. The third kappa shape index (κ3) is 2.95. The Morgan fingerprint density at radius 1 is 1.56 bits per heavy atom. The van der Waals surface area contributed by atoms with Crippen molar-refractivity contribution >= 4 is 17.3 Å². The van der Waals surface area contributed by atoms with Gasteiger partial charge < -0.3 is 14.7 Å². The molecule has 0 aromatic heterocycles. The minimum Gasteiger partial charge on any atom is -0.477 e. The van der Waals surface area contributed by atoms with Crippen LogP contribution >= 0.6 is 0 Å². The van der Waals surface area contributed by atoms with Crippen LogP contribution in [0.2, 0.25) is 0 Å². The third-order valence-corrected chi connectivity index (χ3v) is 2.47. The number of para-hydroxylation sites is 1. The molecule has 0 fully saturated rings. The van der Waals surface area contributed by atoms with Gasteiger partial charge in [-0.3, -0.25) is 10.1 Å². The van der Waals surface area contributed by atoms with Gasteiger partial charge in [0, 0.05) is 20.7 Å². The van der Waals surface area contributed by atoms with Gasteiger partial charge in [0.1, 0.15) is 11.3 Å². The molecule has 0 aliphatic heterocycles. The first-order chi connectivity index (χ1) is 8.49. The fourth-order valence-electron chi connectivity index (χ4n) is 1.55. The molecule has 0 saturated heterocycles. The molecule has 0 aliphatic carbocycles. The second-order valence-corrected chi connectivity index (χ2v) is 3.65. The number of carboxylic acids is 1. The van der Waals surface area contributed by atoms with E-state index in [-0.39, 0.29) is 11.3 Å². The molecule has 1 N–H and O–H groups in total. The maximum Gasteiger partial charge on any atom is 0.342 e. The van der Waals surface area contributed by atoms with Gasteiger partial charge in [-0.2, -0.15) is 0 Å². The van der Waals surface area contributed by atoms with E-state index < -0.39 is 16.6 Å². The number of rotatable bonds is 6. The Kier molecular flexibility index (Phi) is 4.61. The lowest BCUT2D eigenvalue weighted by molar-refractivity contribution is -0.384. The molecular formula is C11H14N2O5. The second-order valence-electron chi connectivity index (χ2n) is 3.65.